The van der Waals surface area contributed by atoms with Gasteiger partial charge in [0.25, 0.3) is 5.88 Å². The van der Waals surface area contributed by atoms with E-state index in [1.165, 1.54) is 17.2 Å². The molecule has 0 unspecified atom stereocenters. The zero-order chi connectivity index (χ0) is 11.5. The van der Waals surface area contributed by atoms with Crippen molar-refractivity contribution < 1.29 is 19.7 Å². The number of aromatic nitrogens is 1. The summed E-state index contributed by atoms with van der Waals surface area (Å²) >= 11 is 0. The summed E-state index contributed by atoms with van der Waals surface area (Å²) in [6.07, 6.45) is 0.939. The number of likely N-dealkylation sites (tertiary alicyclic amines) is 1. The maximum atomic E-state index is 10.7. The topological polar surface area (TPSA) is 82.9 Å². The van der Waals surface area contributed by atoms with E-state index in [0.29, 0.717) is 19.5 Å². The standard InChI is InChI=1S/C10H12N2O4/c13-8-2-1-4-11-9(8)16-7-3-5-12(6-7)10(14)15/h1-2,4,7,13H,3,5-6H2,(H,14,15)/t7-/m0/s1. The number of ether oxygens (including phenoxy) is 1. The highest BCUT2D eigenvalue weighted by Gasteiger charge is 2.28. The zero-order valence-corrected chi connectivity index (χ0v) is 8.54. The summed E-state index contributed by atoms with van der Waals surface area (Å²) in [5, 5.41) is 18.2. The fraction of sp³-hybridized carbons (Fsp3) is 0.400. The Morgan fingerprint density at radius 1 is 1.62 bits per heavy atom. The third kappa shape index (κ3) is 2.16. The van der Waals surface area contributed by atoms with E-state index in [1.807, 2.05) is 0 Å². The lowest BCUT2D eigenvalue weighted by Crippen LogP contribution is -2.29. The van der Waals surface area contributed by atoms with E-state index in [4.69, 9.17) is 9.84 Å². The lowest BCUT2D eigenvalue weighted by atomic mass is 10.3. The molecule has 2 N–H and O–H groups in total. The Morgan fingerprint density at radius 3 is 3.06 bits per heavy atom. The molecular weight excluding hydrogens is 212 g/mol. The van der Waals surface area contributed by atoms with Crippen LogP contribution in [0.25, 0.3) is 0 Å². The highest BCUT2D eigenvalue weighted by atomic mass is 16.5. The van der Waals surface area contributed by atoms with Gasteiger partial charge in [-0.3, -0.25) is 0 Å². The van der Waals surface area contributed by atoms with Crippen molar-refractivity contribution in [3.63, 3.8) is 0 Å². The van der Waals surface area contributed by atoms with Gasteiger partial charge in [0.2, 0.25) is 0 Å². The average Bonchev–Trinajstić information content (AvgIpc) is 2.70. The lowest BCUT2D eigenvalue weighted by Gasteiger charge is -2.14. The van der Waals surface area contributed by atoms with Gasteiger partial charge in [0.15, 0.2) is 5.75 Å². The van der Waals surface area contributed by atoms with Crippen LogP contribution in [0.15, 0.2) is 18.3 Å². The molecule has 1 aromatic heterocycles. The summed E-state index contributed by atoms with van der Waals surface area (Å²) in [5.41, 5.74) is 0. The van der Waals surface area contributed by atoms with E-state index in [-0.39, 0.29) is 17.7 Å². The number of hydrogen-bond donors (Lipinski definition) is 2. The van der Waals surface area contributed by atoms with Gasteiger partial charge in [0, 0.05) is 19.2 Å². The van der Waals surface area contributed by atoms with Crippen molar-refractivity contribution in [1.82, 2.24) is 9.88 Å². The molecule has 1 aliphatic heterocycles. The molecule has 1 aliphatic rings. The van der Waals surface area contributed by atoms with Crippen molar-refractivity contribution in [2.24, 2.45) is 0 Å². The molecule has 86 valence electrons. The van der Waals surface area contributed by atoms with Crippen LogP contribution in [0.2, 0.25) is 0 Å². The Hall–Kier alpha value is -1.98. The van der Waals surface area contributed by atoms with Crippen molar-refractivity contribution in [3.8, 4) is 11.6 Å². The van der Waals surface area contributed by atoms with Gasteiger partial charge >= 0.3 is 6.09 Å². The first-order valence-electron chi connectivity index (χ1n) is 4.95. The van der Waals surface area contributed by atoms with Crippen LogP contribution in [0, 0.1) is 0 Å². The van der Waals surface area contributed by atoms with Gasteiger partial charge in [0.05, 0.1) is 6.54 Å². The molecule has 0 saturated carbocycles. The van der Waals surface area contributed by atoms with E-state index in [0.717, 1.165) is 0 Å². The predicted octanol–water partition coefficient (Wildman–Crippen LogP) is 0.918. The second kappa shape index (κ2) is 4.26. The van der Waals surface area contributed by atoms with E-state index in [9.17, 15) is 9.90 Å². The van der Waals surface area contributed by atoms with E-state index >= 15 is 0 Å². The van der Waals surface area contributed by atoms with Crippen molar-refractivity contribution in [3.05, 3.63) is 18.3 Å². The number of carbonyl (C=O) groups is 1. The second-order valence-corrected chi connectivity index (χ2v) is 3.58. The van der Waals surface area contributed by atoms with Gasteiger partial charge in [-0.1, -0.05) is 0 Å². The van der Waals surface area contributed by atoms with Crippen molar-refractivity contribution >= 4 is 6.09 Å². The van der Waals surface area contributed by atoms with Crippen LogP contribution in [0.3, 0.4) is 0 Å². The van der Waals surface area contributed by atoms with Crippen molar-refractivity contribution in [2.45, 2.75) is 12.5 Å². The Labute approximate surface area is 92.1 Å². The van der Waals surface area contributed by atoms with Crippen molar-refractivity contribution in [2.75, 3.05) is 13.1 Å². The van der Waals surface area contributed by atoms with Crippen LogP contribution in [0.1, 0.15) is 6.42 Å². The Balaban J connectivity index is 1.97. The monoisotopic (exact) mass is 224 g/mol. The van der Waals surface area contributed by atoms with Gasteiger partial charge < -0.3 is 19.8 Å². The summed E-state index contributed by atoms with van der Waals surface area (Å²) in [7, 11) is 0. The normalized spacial score (nSPS) is 19.8. The minimum atomic E-state index is -0.948. The highest BCUT2D eigenvalue weighted by Crippen LogP contribution is 2.24. The van der Waals surface area contributed by atoms with Gasteiger partial charge in [-0.2, -0.15) is 0 Å². The molecular formula is C10H12N2O4. The van der Waals surface area contributed by atoms with Gasteiger partial charge in [-0.25, -0.2) is 9.78 Å². The van der Waals surface area contributed by atoms with Gasteiger partial charge in [0.1, 0.15) is 6.10 Å². The molecule has 1 aromatic rings. The van der Waals surface area contributed by atoms with Crippen molar-refractivity contribution in [1.29, 1.82) is 0 Å². The summed E-state index contributed by atoms with van der Waals surface area (Å²) in [5.74, 6) is 0.121. The highest BCUT2D eigenvalue weighted by molar-refractivity contribution is 5.65. The smallest absolute Gasteiger partial charge is 0.407 e. The number of amides is 1. The molecule has 1 fully saturated rings. The Morgan fingerprint density at radius 2 is 2.44 bits per heavy atom. The zero-order valence-electron chi connectivity index (χ0n) is 8.54. The first kappa shape index (κ1) is 10.5. The number of nitrogens with zero attached hydrogens (tertiary/aromatic N) is 2. The first-order chi connectivity index (χ1) is 7.66. The minimum Gasteiger partial charge on any atom is -0.503 e. The van der Waals surface area contributed by atoms with Crippen LogP contribution >= 0.6 is 0 Å². The van der Waals surface area contributed by atoms with Crippen LogP contribution in [-0.2, 0) is 0 Å². The molecule has 0 spiro atoms. The molecule has 6 nitrogen and oxygen atoms in total. The lowest BCUT2D eigenvalue weighted by molar-refractivity contribution is 0.143. The number of pyridine rings is 1. The third-order valence-electron chi connectivity index (χ3n) is 2.44. The van der Waals surface area contributed by atoms with Crippen LogP contribution < -0.4 is 4.74 Å². The summed E-state index contributed by atoms with van der Waals surface area (Å²) in [6, 6.07) is 3.08. The third-order valence-corrected chi connectivity index (χ3v) is 2.44. The Bertz CT molecular complexity index is 396. The fourth-order valence-electron chi connectivity index (χ4n) is 1.63. The second-order valence-electron chi connectivity index (χ2n) is 3.58. The molecule has 0 radical (unpaired) electrons. The molecule has 1 amide bonds. The molecule has 2 rings (SSSR count). The number of hydrogen-bond acceptors (Lipinski definition) is 4. The Kier molecular flexibility index (Phi) is 2.80. The molecule has 0 aromatic carbocycles. The number of aromatic hydroxyl groups is 1. The quantitative estimate of drug-likeness (QED) is 0.780. The van der Waals surface area contributed by atoms with Gasteiger partial charge in [-0.05, 0) is 12.1 Å². The van der Waals surface area contributed by atoms with Crippen LogP contribution in [-0.4, -0.2) is 45.4 Å². The fourth-order valence-corrected chi connectivity index (χ4v) is 1.63. The predicted molar refractivity (Wildman–Crippen MR) is 54.5 cm³/mol. The molecule has 1 atom stereocenters. The molecule has 0 aliphatic carbocycles. The van der Waals surface area contributed by atoms with E-state index in [2.05, 4.69) is 4.98 Å². The molecule has 2 heterocycles. The maximum absolute atomic E-state index is 10.7. The SMILES string of the molecule is O=C(O)N1CC[C@H](Oc2ncccc2O)C1. The average molecular weight is 224 g/mol. The first-order valence-corrected chi connectivity index (χ1v) is 4.95. The van der Waals surface area contributed by atoms with E-state index < -0.39 is 6.09 Å². The van der Waals surface area contributed by atoms with Gasteiger partial charge in [-0.15, -0.1) is 0 Å². The molecule has 6 heteroatoms. The largest absolute Gasteiger partial charge is 0.503 e. The van der Waals surface area contributed by atoms with E-state index in [1.54, 1.807) is 6.07 Å². The summed E-state index contributed by atoms with van der Waals surface area (Å²) in [6.45, 7) is 0.763. The minimum absolute atomic E-state index is 0.0312. The summed E-state index contributed by atoms with van der Waals surface area (Å²) < 4.78 is 5.42. The molecule has 1 saturated heterocycles. The number of rotatable bonds is 2. The molecule has 16 heavy (non-hydrogen) atoms. The van der Waals surface area contributed by atoms with Crippen LogP contribution in [0.4, 0.5) is 4.79 Å². The maximum Gasteiger partial charge on any atom is 0.407 e. The summed E-state index contributed by atoms with van der Waals surface area (Å²) in [4.78, 5) is 15.8. The van der Waals surface area contributed by atoms with Crippen LogP contribution in [0.5, 0.6) is 11.6 Å². The molecule has 0 bridgehead atoms. The number of carboxylic acid groups (broad SMARTS) is 1.